The Balaban J connectivity index is 1.36. The van der Waals surface area contributed by atoms with E-state index in [0.29, 0.717) is 28.6 Å². The number of nitrogens with one attached hydrogen (secondary N) is 2. The summed E-state index contributed by atoms with van der Waals surface area (Å²) in [6.45, 7) is 0.0504. The second kappa shape index (κ2) is 13.0. The molecule has 0 aliphatic carbocycles. The van der Waals surface area contributed by atoms with Gasteiger partial charge in [-0.15, -0.1) is 0 Å². The van der Waals surface area contributed by atoms with Crippen molar-refractivity contribution in [3.05, 3.63) is 83.9 Å². The second-order valence-corrected chi connectivity index (χ2v) is 8.42. The number of anilines is 1. The molecule has 10 nitrogen and oxygen atoms in total. The number of rotatable bonds is 11. The highest BCUT2D eigenvalue weighted by Gasteiger charge is 2.19. The lowest BCUT2D eigenvalue weighted by atomic mass is 10.1. The van der Waals surface area contributed by atoms with Crippen LogP contribution in [0.25, 0.3) is 10.8 Å². The van der Waals surface area contributed by atoms with Gasteiger partial charge in [0.1, 0.15) is 0 Å². The standard InChI is InChI=1S/C30H29N3O7/c1-36-25-13-19(17-32-33-28(34)18-31-23-11-10-20-7-5-6-8-21(20)14-23)9-12-24(25)40-30(35)22-15-26(37-2)29(39-4)27(16-22)38-3/h5-17,31H,18H2,1-4H3,(H,33,34). The summed E-state index contributed by atoms with van der Waals surface area (Å²) in [6, 6.07) is 21.7. The maximum Gasteiger partial charge on any atom is 0.343 e. The topological polar surface area (TPSA) is 117 Å². The van der Waals surface area contributed by atoms with Crippen molar-refractivity contribution in [2.75, 3.05) is 40.3 Å². The summed E-state index contributed by atoms with van der Waals surface area (Å²) < 4.78 is 26.8. The van der Waals surface area contributed by atoms with Crippen LogP contribution in [0.3, 0.4) is 0 Å². The van der Waals surface area contributed by atoms with E-state index in [0.717, 1.165) is 16.5 Å². The van der Waals surface area contributed by atoms with E-state index in [-0.39, 0.29) is 23.8 Å². The summed E-state index contributed by atoms with van der Waals surface area (Å²) in [5.41, 5.74) is 4.13. The normalized spacial score (nSPS) is 10.7. The van der Waals surface area contributed by atoms with Crippen molar-refractivity contribution >= 4 is 34.6 Å². The van der Waals surface area contributed by atoms with Gasteiger partial charge in [0.05, 0.1) is 46.8 Å². The largest absolute Gasteiger partial charge is 0.493 e. The summed E-state index contributed by atoms with van der Waals surface area (Å²) in [6.07, 6.45) is 1.46. The first-order valence-electron chi connectivity index (χ1n) is 12.2. The van der Waals surface area contributed by atoms with E-state index >= 15 is 0 Å². The zero-order valence-corrected chi connectivity index (χ0v) is 22.5. The van der Waals surface area contributed by atoms with Crippen LogP contribution < -0.4 is 34.4 Å². The molecule has 0 radical (unpaired) electrons. The molecule has 0 aliphatic rings. The average Bonchev–Trinajstić information content (AvgIpc) is 2.99. The Hall–Kier alpha value is -5.25. The van der Waals surface area contributed by atoms with Crippen LogP contribution >= 0.6 is 0 Å². The maximum absolute atomic E-state index is 12.9. The van der Waals surface area contributed by atoms with E-state index in [9.17, 15) is 9.59 Å². The number of hydrogen-bond donors (Lipinski definition) is 2. The van der Waals surface area contributed by atoms with Crippen LogP contribution in [0.2, 0.25) is 0 Å². The van der Waals surface area contributed by atoms with Crippen LogP contribution in [-0.4, -0.2) is 53.1 Å². The van der Waals surface area contributed by atoms with Gasteiger partial charge in [-0.1, -0.05) is 30.3 Å². The van der Waals surface area contributed by atoms with Gasteiger partial charge in [0, 0.05) is 5.69 Å². The molecule has 4 rings (SSSR count). The van der Waals surface area contributed by atoms with Crippen molar-refractivity contribution in [1.29, 1.82) is 0 Å². The Morgan fingerprint density at radius 2 is 1.45 bits per heavy atom. The molecule has 10 heteroatoms. The minimum Gasteiger partial charge on any atom is -0.493 e. The zero-order valence-electron chi connectivity index (χ0n) is 22.5. The predicted octanol–water partition coefficient (Wildman–Crippen LogP) is 4.66. The van der Waals surface area contributed by atoms with E-state index in [1.54, 1.807) is 18.2 Å². The number of amides is 1. The van der Waals surface area contributed by atoms with E-state index in [1.165, 1.54) is 46.8 Å². The van der Waals surface area contributed by atoms with E-state index in [1.807, 2.05) is 42.5 Å². The van der Waals surface area contributed by atoms with Crippen LogP contribution in [0.4, 0.5) is 5.69 Å². The second-order valence-electron chi connectivity index (χ2n) is 8.42. The quantitative estimate of drug-likeness (QED) is 0.122. The van der Waals surface area contributed by atoms with Crippen LogP contribution in [0.1, 0.15) is 15.9 Å². The highest BCUT2D eigenvalue weighted by molar-refractivity contribution is 5.93. The number of nitrogens with zero attached hydrogens (tertiary/aromatic N) is 1. The van der Waals surface area contributed by atoms with Crippen LogP contribution in [0.15, 0.2) is 77.9 Å². The van der Waals surface area contributed by atoms with E-state index < -0.39 is 5.97 Å². The Kier molecular flexibility index (Phi) is 9.03. The maximum atomic E-state index is 12.9. The third-order valence-corrected chi connectivity index (χ3v) is 5.90. The molecular formula is C30H29N3O7. The molecule has 0 saturated carbocycles. The Morgan fingerprint density at radius 1 is 0.750 bits per heavy atom. The molecule has 0 aliphatic heterocycles. The van der Waals surface area contributed by atoms with E-state index in [2.05, 4.69) is 15.8 Å². The fourth-order valence-corrected chi connectivity index (χ4v) is 3.91. The van der Waals surface area contributed by atoms with Gasteiger partial charge in [0.15, 0.2) is 23.0 Å². The SMILES string of the molecule is COc1cc(C=NNC(=O)CNc2ccc3ccccc3c2)ccc1OC(=O)c1cc(OC)c(OC)c(OC)c1. The lowest BCUT2D eigenvalue weighted by Crippen LogP contribution is -2.25. The third kappa shape index (κ3) is 6.60. The van der Waals surface area contributed by atoms with Gasteiger partial charge in [-0.25, -0.2) is 10.2 Å². The summed E-state index contributed by atoms with van der Waals surface area (Å²) in [5, 5.41) is 9.30. The predicted molar refractivity (Wildman–Crippen MR) is 152 cm³/mol. The minimum absolute atomic E-state index is 0.0504. The first-order valence-corrected chi connectivity index (χ1v) is 12.2. The highest BCUT2D eigenvalue weighted by atomic mass is 16.6. The van der Waals surface area contributed by atoms with Crippen LogP contribution in [0.5, 0.6) is 28.7 Å². The number of hydrazone groups is 1. The molecule has 0 aromatic heterocycles. The van der Waals surface area contributed by atoms with Gasteiger partial charge in [-0.2, -0.15) is 5.10 Å². The lowest BCUT2D eigenvalue weighted by molar-refractivity contribution is -0.119. The van der Waals surface area contributed by atoms with Crippen molar-refractivity contribution in [1.82, 2.24) is 5.43 Å². The molecule has 0 bridgehead atoms. The number of carbonyl (C=O) groups is 2. The number of methoxy groups -OCH3 is 4. The molecular weight excluding hydrogens is 514 g/mol. The highest BCUT2D eigenvalue weighted by Crippen LogP contribution is 2.38. The van der Waals surface area contributed by atoms with Crippen molar-refractivity contribution in [3.63, 3.8) is 0 Å². The molecule has 0 heterocycles. The molecule has 206 valence electrons. The molecule has 1 amide bonds. The molecule has 0 spiro atoms. The summed E-state index contributed by atoms with van der Waals surface area (Å²) >= 11 is 0. The number of hydrogen-bond acceptors (Lipinski definition) is 9. The molecule has 0 atom stereocenters. The molecule has 2 N–H and O–H groups in total. The summed E-state index contributed by atoms with van der Waals surface area (Å²) in [7, 11) is 5.84. The number of fused-ring (bicyclic) bond motifs is 1. The Morgan fingerprint density at radius 3 is 2.12 bits per heavy atom. The fourth-order valence-electron chi connectivity index (χ4n) is 3.91. The molecule has 4 aromatic rings. The lowest BCUT2D eigenvalue weighted by Gasteiger charge is -2.14. The Labute approximate surface area is 231 Å². The molecule has 0 saturated heterocycles. The van der Waals surface area contributed by atoms with Crippen molar-refractivity contribution in [2.45, 2.75) is 0 Å². The van der Waals surface area contributed by atoms with Crippen LogP contribution in [0, 0.1) is 0 Å². The molecule has 0 fully saturated rings. The zero-order chi connectivity index (χ0) is 28.5. The fraction of sp³-hybridized carbons (Fsp3) is 0.167. The van der Waals surface area contributed by atoms with Crippen LogP contribution in [-0.2, 0) is 4.79 Å². The first kappa shape index (κ1) is 27.8. The number of benzene rings is 4. The van der Waals surface area contributed by atoms with Gasteiger partial charge in [0.2, 0.25) is 5.75 Å². The summed E-state index contributed by atoms with van der Waals surface area (Å²) in [4.78, 5) is 25.1. The van der Waals surface area contributed by atoms with Crippen molar-refractivity contribution < 1.29 is 33.3 Å². The van der Waals surface area contributed by atoms with Gasteiger partial charge in [-0.05, 0) is 58.8 Å². The van der Waals surface area contributed by atoms with Gasteiger partial charge in [0.25, 0.3) is 5.91 Å². The molecule has 40 heavy (non-hydrogen) atoms. The molecule has 4 aromatic carbocycles. The van der Waals surface area contributed by atoms with Gasteiger partial charge < -0.3 is 29.0 Å². The third-order valence-electron chi connectivity index (χ3n) is 5.90. The van der Waals surface area contributed by atoms with Gasteiger partial charge >= 0.3 is 5.97 Å². The van der Waals surface area contributed by atoms with Crippen molar-refractivity contribution in [2.24, 2.45) is 5.10 Å². The monoisotopic (exact) mass is 543 g/mol. The minimum atomic E-state index is -0.648. The first-order chi connectivity index (χ1) is 19.4. The van der Waals surface area contributed by atoms with Gasteiger partial charge in [-0.3, -0.25) is 4.79 Å². The summed E-state index contributed by atoms with van der Waals surface area (Å²) in [5.74, 6) is 0.538. The number of ether oxygens (including phenoxy) is 5. The molecule has 0 unspecified atom stereocenters. The number of carbonyl (C=O) groups excluding carboxylic acids is 2. The van der Waals surface area contributed by atoms with Crippen molar-refractivity contribution in [3.8, 4) is 28.7 Å². The van der Waals surface area contributed by atoms with E-state index in [4.69, 9.17) is 23.7 Å². The Bertz CT molecular complexity index is 1530. The smallest absolute Gasteiger partial charge is 0.343 e. The number of esters is 1. The average molecular weight is 544 g/mol.